The Hall–Kier alpha value is -0.790. The fourth-order valence-electron chi connectivity index (χ4n) is 5.59. The van der Waals surface area contributed by atoms with Crippen LogP contribution in [0.1, 0.15) is 142 Å². The summed E-state index contributed by atoms with van der Waals surface area (Å²) in [6.45, 7) is 2.28. The number of allylic oxidation sites excluding steroid dienone is 2. The number of hydrogen-bond acceptors (Lipinski definition) is 2. The number of ether oxygens (including phenoxy) is 1. The molecule has 30 heavy (non-hydrogen) atoms. The highest BCUT2D eigenvalue weighted by molar-refractivity contribution is 5.69. The fourth-order valence-corrected chi connectivity index (χ4v) is 5.59. The Kier molecular flexibility index (Phi) is 14.3. The molecular weight excluding hydrogens is 368 g/mol. The van der Waals surface area contributed by atoms with Gasteiger partial charge in [-0.25, -0.2) is 0 Å². The third-order valence-electron chi connectivity index (χ3n) is 7.43. The summed E-state index contributed by atoms with van der Waals surface area (Å²) >= 11 is 0. The van der Waals surface area contributed by atoms with Crippen molar-refractivity contribution in [2.75, 3.05) is 0 Å². The van der Waals surface area contributed by atoms with Crippen molar-refractivity contribution < 1.29 is 9.53 Å². The summed E-state index contributed by atoms with van der Waals surface area (Å²) in [4.78, 5) is 12.3. The highest BCUT2D eigenvalue weighted by Gasteiger charge is 2.36. The van der Waals surface area contributed by atoms with E-state index in [1.807, 2.05) is 0 Å². The van der Waals surface area contributed by atoms with Gasteiger partial charge >= 0.3 is 5.97 Å². The number of esters is 1. The van der Waals surface area contributed by atoms with E-state index in [0.29, 0.717) is 12.3 Å². The molecule has 2 saturated carbocycles. The van der Waals surface area contributed by atoms with E-state index in [1.54, 1.807) is 0 Å². The van der Waals surface area contributed by atoms with Gasteiger partial charge in [0.15, 0.2) is 0 Å². The first-order valence-corrected chi connectivity index (χ1v) is 13.7. The first kappa shape index (κ1) is 25.5. The van der Waals surface area contributed by atoms with Crippen molar-refractivity contribution in [2.24, 2.45) is 11.8 Å². The molecule has 2 aliphatic carbocycles. The number of carbonyl (C=O) groups excluding carboxylic acids is 1. The van der Waals surface area contributed by atoms with E-state index in [-0.39, 0.29) is 12.1 Å². The van der Waals surface area contributed by atoms with E-state index in [2.05, 4.69) is 19.1 Å². The maximum atomic E-state index is 12.3. The molecule has 0 heterocycles. The molecule has 0 aromatic heterocycles. The summed E-state index contributed by atoms with van der Waals surface area (Å²) < 4.78 is 5.93. The van der Waals surface area contributed by atoms with Crippen molar-refractivity contribution in [3.63, 3.8) is 0 Å². The Morgan fingerprint density at radius 1 is 0.733 bits per heavy atom. The summed E-state index contributed by atoms with van der Waals surface area (Å²) in [5.41, 5.74) is 0. The SMILES string of the molecule is CCCCCCCC/C=C\CCCCCCCC(=O)OC1CCCC2CCCCC21. The molecular formula is C28H50O2. The lowest BCUT2D eigenvalue weighted by atomic mass is 9.69. The van der Waals surface area contributed by atoms with Crippen LogP contribution in [0, 0.1) is 11.8 Å². The summed E-state index contributed by atoms with van der Waals surface area (Å²) in [6, 6.07) is 0. The normalized spacial score (nSPS) is 24.1. The molecule has 3 unspecified atom stereocenters. The highest BCUT2D eigenvalue weighted by Crippen LogP contribution is 2.41. The quantitative estimate of drug-likeness (QED) is 0.142. The van der Waals surface area contributed by atoms with Crippen LogP contribution in [0.4, 0.5) is 0 Å². The molecule has 0 aliphatic heterocycles. The second-order valence-electron chi connectivity index (χ2n) is 10.0. The lowest BCUT2D eigenvalue weighted by molar-refractivity contribution is -0.156. The summed E-state index contributed by atoms with van der Waals surface area (Å²) in [7, 11) is 0. The van der Waals surface area contributed by atoms with Crippen LogP contribution >= 0.6 is 0 Å². The molecule has 0 saturated heterocycles. The van der Waals surface area contributed by atoms with E-state index >= 15 is 0 Å². The molecule has 174 valence electrons. The monoisotopic (exact) mass is 418 g/mol. The van der Waals surface area contributed by atoms with Crippen LogP contribution in [0.25, 0.3) is 0 Å². The second kappa shape index (κ2) is 16.8. The molecule has 0 aromatic carbocycles. The zero-order chi connectivity index (χ0) is 21.3. The second-order valence-corrected chi connectivity index (χ2v) is 10.0. The molecule has 0 amide bonds. The maximum absolute atomic E-state index is 12.3. The van der Waals surface area contributed by atoms with Gasteiger partial charge in [0, 0.05) is 6.42 Å². The Bertz CT molecular complexity index is 454. The number of hydrogen-bond donors (Lipinski definition) is 0. The smallest absolute Gasteiger partial charge is 0.306 e. The van der Waals surface area contributed by atoms with Gasteiger partial charge in [0.2, 0.25) is 0 Å². The molecule has 0 spiro atoms. The first-order chi connectivity index (χ1) is 14.8. The molecule has 0 radical (unpaired) electrons. The highest BCUT2D eigenvalue weighted by atomic mass is 16.5. The van der Waals surface area contributed by atoms with E-state index in [1.165, 1.54) is 116 Å². The van der Waals surface area contributed by atoms with Gasteiger partial charge < -0.3 is 4.74 Å². The van der Waals surface area contributed by atoms with E-state index < -0.39 is 0 Å². The minimum atomic E-state index is 0.0730. The number of carbonyl (C=O) groups is 1. The van der Waals surface area contributed by atoms with Gasteiger partial charge in [-0.1, -0.05) is 89.7 Å². The van der Waals surface area contributed by atoms with Crippen molar-refractivity contribution in [3.05, 3.63) is 12.2 Å². The summed E-state index contributed by atoms with van der Waals surface area (Å²) in [6.07, 6.45) is 31.6. The predicted molar refractivity (Wildman–Crippen MR) is 129 cm³/mol. The third-order valence-corrected chi connectivity index (χ3v) is 7.43. The minimum Gasteiger partial charge on any atom is -0.462 e. The topological polar surface area (TPSA) is 26.3 Å². The molecule has 2 heteroatoms. The van der Waals surface area contributed by atoms with Crippen molar-refractivity contribution in [1.82, 2.24) is 0 Å². The Labute approximate surface area is 187 Å². The zero-order valence-electron chi connectivity index (χ0n) is 20.1. The molecule has 2 fully saturated rings. The van der Waals surface area contributed by atoms with Gasteiger partial charge in [-0.15, -0.1) is 0 Å². The van der Waals surface area contributed by atoms with Crippen molar-refractivity contribution in [1.29, 1.82) is 0 Å². The first-order valence-electron chi connectivity index (χ1n) is 13.7. The maximum Gasteiger partial charge on any atom is 0.306 e. The molecule has 2 nitrogen and oxygen atoms in total. The zero-order valence-corrected chi connectivity index (χ0v) is 20.1. The standard InChI is InChI=1S/C28H50O2/c1-2-3-4-5-6-7-8-9-10-11-12-13-14-15-16-24-28(29)30-27-23-19-21-25-20-17-18-22-26(25)27/h9-10,25-27H,2-8,11-24H2,1H3/b10-9-. The predicted octanol–water partition coefficient (Wildman–Crippen LogP) is 8.93. The average Bonchev–Trinajstić information content (AvgIpc) is 2.76. The minimum absolute atomic E-state index is 0.0730. The van der Waals surface area contributed by atoms with E-state index in [0.717, 1.165) is 18.8 Å². The largest absolute Gasteiger partial charge is 0.462 e. The van der Waals surface area contributed by atoms with Crippen LogP contribution in [0.5, 0.6) is 0 Å². The molecule has 3 atom stereocenters. The van der Waals surface area contributed by atoms with Crippen LogP contribution in [0.15, 0.2) is 12.2 Å². The molecule has 0 N–H and O–H groups in total. The Balaban J connectivity index is 1.38. The Morgan fingerprint density at radius 2 is 1.33 bits per heavy atom. The number of rotatable bonds is 16. The van der Waals surface area contributed by atoms with Crippen LogP contribution in [0.2, 0.25) is 0 Å². The number of fused-ring (bicyclic) bond motifs is 1. The molecule has 2 rings (SSSR count). The van der Waals surface area contributed by atoms with Gasteiger partial charge in [-0.2, -0.15) is 0 Å². The van der Waals surface area contributed by atoms with Gasteiger partial charge in [0.05, 0.1) is 0 Å². The van der Waals surface area contributed by atoms with Gasteiger partial charge in [0.1, 0.15) is 6.10 Å². The fraction of sp³-hybridized carbons (Fsp3) is 0.893. The third kappa shape index (κ3) is 11.0. The van der Waals surface area contributed by atoms with Crippen molar-refractivity contribution in [3.8, 4) is 0 Å². The van der Waals surface area contributed by atoms with Crippen LogP contribution < -0.4 is 0 Å². The average molecular weight is 419 g/mol. The lowest BCUT2D eigenvalue weighted by Gasteiger charge is -2.40. The number of unbranched alkanes of at least 4 members (excludes halogenated alkanes) is 11. The lowest BCUT2D eigenvalue weighted by Crippen LogP contribution is -2.37. The van der Waals surface area contributed by atoms with Crippen LogP contribution in [0.3, 0.4) is 0 Å². The van der Waals surface area contributed by atoms with Gasteiger partial charge in [0.25, 0.3) is 0 Å². The van der Waals surface area contributed by atoms with E-state index in [4.69, 9.17) is 4.74 Å². The van der Waals surface area contributed by atoms with Crippen LogP contribution in [-0.4, -0.2) is 12.1 Å². The molecule has 0 bridgehead atoms. The van der Waals surface area contributed by atoms with Crippen LogP contribution in [-0.2, 0) is 9.53 Å². The summed E-state index contributed by atoms with van der Waals surface area (Å²) in [5, 5.41) is 0. The van der Waals surface area contributed by atoms with E-state index in [9.17, 15) is 4.79 Å². The molecule has 2 aliphatic rings. The summed E-state index contributed by atoms with van der Waals surface area (Å²) in [5.74, 6) is 1.58. The Morgan fingerprint density at radius 3 is 2.07 bits per heavy atom. The van der Waals surface area contributed by atoms with Gasteiger partial charge in [-0.3, -0.25) is 4.79 Å². The van der Waals surface area contributed by atoms with Gasteiger partial charge in [-0.05, 0) is 69.6 Å². The molecule has 0 aromatic rings. The van der Waals surface area contributed by atoms with Crippen molar-refractivity contribution >= 4 is 5.97 Å². The van der Waals surface area contributed by atoms with Crippen molar-refractivity contribution in [2.45, 2.75) is 148 Å².